The first kappa shape index (κ1) is 10.7. The maximum Gasteiger partial charge on any atom is 0.220 e. The second-order valence-corrected chi connectivity index (χ2v) is 4.06. The van der Waals surface area contributed by atoms with Crippen molar-refractivity contribution in [3.63, 3.8) is 0 Å². The molecule has 0 radical (unpaired) electrons. The summed E-state index contributed by atoms with van der Waals surface area (Å²) in [7, 11) is 0. The second-order valence-electron chi connectivity index (χ2n) is 3.68. The van der Waals surface area contributed by atoms with Crippen molar-refractivity contribution in [1.82, 2.24) is 14.8 Å². The Balaban J connectivity index is 3.15. The standard InChI is InChI=1S/C7H13N5OS/c1-7(2,3-4(8)13)12-5(9)10-11-6(12)14/h3H2,1-2H3,(H2,8,13)(H2,9,10)(H,11,14). The Labute approximate surface area is 86.3 Å². The number of nitrogens with zero attached hydrogens (tertiary/aromatic N) is 2. The average molecular weight is 215 g/mol. The van der Waals surface area contributed by atoms with Crippen LogP contribution in [0.3, 0.4) is 0 Å². The molecule has 1 heterocycles. The van der Waals surface area contributed by atoms with Crippen molar-refractivity contribution in [2.75, 3.05) is 5.73 Å². The van der Waals surface area contributed by atoms with Gasteiger partial charge in [-0.2, -0.15) is 0 Å². The summed E-state index contributed by atoms with van der Waals surface area (Å²) in [5, 5.41) is 6.32. The second kappa shape index (κ2) is 3.41. The van der Waals surface area contributed by atoms with Crippen LogP contribution in [0.5, 0.6) is 0 Å². The Kier molecular flexibility index (Phi) is 2.61. The molecule has 6 nitrogen and oxygen atoms in total. The van der Waals surface area contributed by atoms with Gasteiger partial charge in [-0.25, -0.2) is 5.10 Å². The van der Waals surface area contributed by atoms with Crippen molar-refractivity contribution in [1.29, 1.82) is 0 Å². The molecule has 0 aliphatic heterocycles. The number of primary amides is 1. The topological polar surface area (TPSA) is 103 Å². The molecule has 0 bridgehead atoms. The molecule has 5 N–H and O–H groups in total. The first-order valence-corrected chi connectivity index (χ1v) is 4.47. The molecule has 14 heavy (non-hydrogen) atoms. The molecule has 1 amide bonds. The van der Waals surface area contributed by atoms with Gasteiger partial charge in [-0.05, 0) is 26.1 Å². The van der Waals surface area contributed by atoms with Gasteiger partial charge in [0.15, 0.2) is 4.77 Å². The van der Waals surface area contributed by atoms with E-state index >= 15 is 0 Å². The number of aromatic amines is 1. The summed E-state index contributed by atoms with van der Waals surface area (Å²) in [6.45, 7) is 3.64. The predicted octanol–water partition coefficient (Wildman–Crippen LogP) is 0.133. The van der Waals surface area contributed by atoms with E-state index in [1.807, 2.05) is 13.8 Å². The Bertz CT molecular complexity index is 404. The highest BCUT2D eigenvalue weighted by atomic mass is 32.1. The van der Waals surface area contributed by atoms with E-state index in [-0.39, 0.29) is 12.4 Å². The number of nitrogens with two attached hydrogens (primary N) is 2. The van der Waals surface area contributed by atoms with Crippen LogP contribution < -0.4 is 11.5 Å². The van der Waals surface area contributed by atoms with Crippen LogP contribution in [-0.4, -0.2) is 20.7 Å². The first-order chi connectivity index (χ1) is 6.34. The molecule has 0 aromatic carbocycles. The van der Waals surface area contributed by atoms with E-state index in [4.69, 9.17) is 23.7 Å². The Morgan fingerprint density at radius 1 is 1.71 bits per heavy atom. The first-order valence-electron chi connectivity index (χ1n) is 4.06. The Hall–Kier alpha value is -1.37. The minimum atomic E-state index is -0.556. The highest BCUT2D eigenvalue weighted by molar-refractivity contribution is 7.71. The molecular weight excluding hydrogens is 202 g/mol. The highest BCUT2D eigenvalue weighted by Gasteiger charge is 2.25. The van der Waals surface area contributed by atoms with E-state index in [1.54, 1.807) is 4.57 Å². The van der Waals surface area contributed by atoms with Gasteiger partial charge in [0.05, 0.1) is 5.54 Å². The van der Waals surface area contributed by atoms with Gasteiger partial charge in [-0.3, -0.25) is 9.36 Å². The molecule has 0 aliphatic carbocycles. The average Bonchev–Trinajstić information content (AvgIpc) is 2.27. The zero-order valence-electron chi connectivity index (χ0n) is 8.07. The lowest BCUT2D eigenvalue weighted by Gasteiger charge is -2.25. The number of H-pyrrole nitrogens is 1. The lowest BCUT2D eigenvalue weighted by atomic mass is 10.0. The van der Waals surface area contributed by atoms with E-state index < -0.39 is 11.4 Å². The number of anilines is 1. The van der Waals surface area contributed by atoms with Gasteiger partial charge in [0.2, 0.25) is 11.9 Å². The molecule has 0 unspecified atom stereocenters. The molecule has 0 aliphatic rings. The molecule has 1 aromatic rings. The SMILES string of the molecule is CC(C)(CC(N)=O)n1c(N)n[nH]c1=S. The van der Waals surface area contributed by atoms with Gasteiger partial charge >= 0.3 is 0 Å². The number of aromatic nitrogens is 3. The third-order valence-corrected chi connectivity index (χ3v) is 2.18. The van der Waals surface area contributed by atoms with Gasteiger partial charge in [0.25, 0.3) is 0 Å². The zero-order chi connectivity index (χ0) is 10.9. The molecule has 1 rings (SSSR count). The quantitative estimate of drug-likeness (QED) is 0.624. The van der Waals surface area contributed by atoms with Gasteiger partial charge in [0.1, 0.15) is 0 Å². The number of rotatable bonds is 3. The number of carbonyl (C=O) groups is 1. The summed E-state index contributed by atoms with van der Waals surface area (Å²) in [5.41, 5.74) is 10.2. The molecule has 0 spiro atoms. The maximum absolute atomic E-state index is 10.8. The van der Waals surface area contributed by atoms with Crippen LogP contribution in [0, 0.1) is 4.77 Å². The fourth-order valence-corrected chi connectivity index (χ4v) is 1.79. The summed E-state index contributed by atoms with van der Waals surface area (Å²) in [6, 6.07) is 0. The molecular formula is C7H13N5OS. The monoisotopic (exact) mass is 215 g/mol. The van der Waals surface area contributed by atoms with E-state index in [1.165, 1.54) is 0 Å². The third kappa shape index (κ3) is 1.92. The molecule has 0 fully saturated rings. The number of carbonyl (C=O) groups excluding carboxylic acids is 1. The van der Waals surface area contributed by atoms with Crippen LogP contribution in [0.2, 0.25) is 0 Å². The van der Waals surface area contributed by atoms with Crippen molar-refractivity contribution < 1.29 is 4.79 Å². The lowest BCUT2D eigenvalue weighted by Crippen LogP contribution is -2.33. The van der Waals surface area contributed by atoms with Gasteiger partial charge in [-0.1, -0.05) is 0 Å². The number of nitrogen functional groups attached to an aromatic ring is 1. The summed E-state index contributed by atoms with van der Waals surface area (Å²) in [5.74, 6) is -0.154. The minimum absolute atomic E-state index is 0.158. The van der Waals surface area contributed by atoms with Crippen LogP contribution in [0.1, 0.15) is 20.3 Å². The summed E-state index contributed by atoms with van der Waals surface area (Å²) < 4.78 is 1.96. The van der Waals surface area contributed by atoms with Crippen LogP contribution >= 0.6 is 12.2 Å². The van der Waals surface area contributed by atoms with Crippen LogP contribution in [0.4, 0.5) is 5.95 Å². The normalized spacial score (nSPS) is 11.6. The van der Waals surface area contributed by atoms with Gasteiger partial charge in [-0.15, -0.1) is 5.10 Å². The van der Waals surface area contributed by atoms with E-state index in [2.05, 4.69) is 10.2 Å². The van der Waals surface area contributed by atoms with E-state index in [9.17, 15) is 4.79 Å². The fraction of sp³-hybridized carbons (Fsp3) is 0.571. The molecule has 7 heteroatoms. The number of amides is 1. The van der Waals surface area contributed by atoms with E-state index in [0.717, 1.165) is 0 Å². The minimum Gasteiger partial charge on any atom is -0.370 e. The van der Waals surface area contributed by atoms with Crippen molar-refractivity contribution in [3.8, 4) is 0 Å². The van der Waals surface area contributed by atoms with Crippen molar-refractivity contribution in [2.45, 2.75) is 25.8 Å². The lowest BCUT2D eigenvalue weighted by molar-refractivity contribution is -0.119. The smallest absolute Gasteiger partial charge is 0.220 e. The van der Waals surface area contributed by atoms with Crippen molar-refractivity contribution in [2.24, 2.45) is 5.73 Å². The summed E-state index contributed by atoms with van der Waals surface area (Å²) in [4.78, 5) is 10.8. The largest absolute Gasteiger partial charge is 0.370 e. The van der Waals surface area contributed by atoms with Crippen LogP contribution in [0.25, 0.3) is 0 Å². The summed E-state index contributed by atoms with van der Waals surface area (Å²) in [6.07, 6.45) is 0.158. The Morgan fingerprint density at radius 2 is 2.29 bits per heavy atom. The highest BCUT2D eigenvalue weighted by Crippen LogP contribution is 2.22. The maximum atomic E-state index is 10.8. The van der Waals surface area contributed by atoms with Crippen LogP contribution in [-0.2, 0) is 10.3 Å². The molecule has 78 valence electrons. The zero-order valence-corrected chi connectivity index (χ0v) is 8.89. The molecule has 0 saturated carbocycles. The number of nitrogens with one attached hydrogen (secondary N) is 1. The van der Waals surface area contributed by atoms with Crippen molar-refractivity contribution >= 4 is 24.1 Å². The Morgan fingerprint density at radius 3 is 2.64 bits per heavy atom. The molecule has 0 saturated heterocycles. The van der Waals surface area contributed by atoms with E-state index in [0.29, 0.717) is 4.77 Å². The summed E-state index contributed by atoms with van der Waals surface area (Å²) >= 11 is 4.99. The molecule has 0 atom stereocenters. The number of hydrogen-bond acceptors (Lipinski definition) is 4. The number of hydrogen-bond donors (Lipinski definition) is 3. The fourth-order valence-electron chi connectivity index (χ4n) is 1.40. The van der Waals surface area contributed by atoms with Gasteiger partial charge < -0.3 is 11.5 Å². The molecule has 1 aromatic heterocycles. The third-order valence-electron chi connectivity index (χ3n) is 1.91. The van der Waals surface area contributed by atoms with Crippen LogP contribution in [0.15, 0.2) is 0 Å². The van der Waals surface area contributed by atoms with Gasteiger partial charge in [0, 0.05) is 6.42 Å². The van der Waals surface area contributed by atoms with Crippen molar-refractivity contribution in [3.05, 3.63) is 4.77 Å². The predicted molar refractivity (Wildman–Crippen MR) is 55.0 cm³/mol.